The van der Waals surface area contributed by atoms with Gasteiger partial charge in [-0.25, -0.2) is 0 Å². The highest BCUT2D eigenvalue weighted by Gasteiger charge is 2.13. The summed E-state index contributed by atoms with van der Waals surface area (Å²) in [6.45, 7) is 8.67. The van der Waals surface area contributed by atoms with Crippen molar-refractivity contribution in [3.8, 4) is 5.75 Å². The van der Waals surface area contributed by atoms with E-state index in [9.17, 15) is 9.59 Å². The zero-order valence-corrected chi connectivity index (χ0v) is 17.3. The summed E-state index contributed by atoms with van der Waals surface area (Å²) in [6, 6.07) is 13.7. The molecule has 152 valence electrons. The lowest BCUT2D eigenvalue weighted by Crippen LogP contribution is -2.35. The average molecular weight is 412 g/mol. The van der Waals surface area contributed by atoms with Gasteiger partial charge in [0, 0.05) is 12.1 Å². The van der Waals surface area contributed by atoms with Gasteiger partial charge in [0.1, 0.15) is 5.75 Å². The Labute approximate surface area is 176 Å². The molecule has 0 unspecified atom stereocenters. The first kappa shape index (κ1) is 22.1. The van der Waals surface area contributed by atoms with Crippen molar-refractivity contribution in [3.63, 3.8) is 0 Å². The first-order valence-corrected chi connectivity index (χ1v) is 9.65. The minimum absolute atomic E-state index is 0.0964. The van der Waals surface area contributed by atoms with Crippen LogP contribution in [0.5, 0.6) is 5.75 Å². The zero-order chi connectivity index (χ0) is 21.2. The largest absolute Gasteiger partial charge is 0.493 e. The monoisotopic (exact) mass is 411 g/mol. The van der Waals surface area contributed by atoms with E-state index in [1.807, 2.05) is 0 Å². The first-order valence-electron chi connectivity index (χ1n) is 9.24. The predicted octanol–water partition coefficient (Wildman–Crippen LogP) is 3.76. The number of para-hydroxylation sites is 1. The van der Waals surface area contributed by atoms with E-state index in [2.05, 4.69) is 36.4 Å². The second-order valence-electron chi connectivity index (χ2n) is 6.68. The number of amides is 2. The fourth-order valence-electron chi connectivity index (χ4n) is 2.34. The Hall–Kier alpha value is -3.19. The van der Waals surface area contributed by atoms with Crippen molar-refractivity contribution in [2.75, 3.05) is 18.5 Å². The molecule has 3 N–H and O–H groups in total. The Morgan fingerprint density at radius 1 is 1.10 bits per heavy atom. The van der Waals surface area contributed by atoms with Crippen LogP contribution in [0.15, 0.2) is 61.2 Å². The molecule has 0 bridgehead atoms. The third-order valence-corrected chi connectivity index (χ3v) is 3.96. The summed E-state index contributed by atoms with van der Waals surface area (Å²) in [5.41, 5.74) is 1.36. The molecule has 0 aliphatic heterocycles. The third-order valence-electron chi connectivity index (χ3n) is 3.75. The van der Waals surface area contributed by atoms with Gasteiger partial charge in [-0.1, -0.05) is 32.1 Å². The van der Waals surface area contributed by atoms with Gasteiger partial charge in [-0.05, 0) is 54.5 Å². The molecule has 0 radical (unpaired) electrons. The van der Waals surface area contributed by atoms with Crippen molar-refractivity contribution in [1.82, 2.24) is 10.6 Å². The molecule has 0 atom stereocenters. The molecule has 0 aliphatic carbocycles. The number of hydrogen-bond acceptors (Lipinski definition) is 4. The molecular weight excluding hydrogens is 386 g/mol. The number of ether oxygens (including phenoxy) is 1. The normalized spacial score (nSPS) is 10.2. The average Bonchev–Trinajstić information content (AvgIpc) is 2.71. The second-order valence-corrected chi connectivity index (χ2v) is 7.09. The van der Waals surface area contributed by atoms with E-state index in [1.165, 1.54) is 0 Å². The molecule has 0 fully saturated rings. The Morgan fingerprint density at radius 3 is 2.45 bits per heavy atom. The molecular formula is C22H25N3O3S. The zero-order valence-electron chi connectivity index (χ0n) is 16.5. The molecule has 7 heteroatoms. The first-order chi connectivity index (χ1) is 13.9. The molecule has 29 heavy (non-hydrogen) atoms. The third kappa shape index (κ3) is 7.04. The predicted molar refractivity (Wildman–Crippen MR) is 119 cm³/mol. The quantitative estimate of drug-likeness (QED) is 0.455. The number of thiocarbonyl (C=S) groups is 1. The Bertz CT molecular complexity index is 879. The van der Waals surface area contributed by atoms with Gasteiger partial charge in [-0.15, -0.1) is 6.58 Å². The van der Waals surface area contributed by atoms with Gasteiger partial charge >= 0.3 is 0 Å². The van der Waals surface area contributed by atoms with E-state index < -0.39 is 0 Å². The molecule has 2 rings (SSSR count). The van der Waals surface area contributed by atoms with Crippen molar-refractivity contribution in [2.45, 2.75) is 13.8 Å². The molecule has 2 aromatic carbocycles. The lowest BCUT2D eigenvalue weighted by Gasteiger charge is -2.13. The molecule has 0 aliphatic rings. The number of rotatable bonds is 8. The summed E-state index contributed by atoms with van der Waals surface area (Å²) >= 11 is 5.23. The number of anilines is 1. The molecule has 0 spiro atoms. The number of nitrogens with one attached hydrogen (secondary N) is 3. The Balaban J connectivity index is 1.98. The van der Waals surface area contributed by atoms with Gasteiger partial charge in [0.2, 0.25) is 0 Å². The summed E-state index contributed by atoms with van der Waals surface area (Å²) in [6.07, 6.45) is 1.60. The number of benzene rings is 2. The van der Waals surface area contributed by atoms with Gasteiger partial charge < -0.3 is 15.4 Å². The van der Waals surface area contributed by atoms with Crippen LogP contribution in [-0.4, -0.2) is 30.1 Å². The number of carbonyl (C=O) groups excluding carboxylic acids is 2. The van der Waals surface area contributed by atoms with Crippen LogP contribution in [0.1, 0.15) is 34.6 Å². The smallest absolute Gasteiger partial charge is 0.257 e. The second kappa shape index (κ2) is 11.0. The van der Waals surface area contributed by atoms with Gasteiger partial charge in [0.15, 0.2) is 5.11 Å². The van der Waals surface area contributed by atoms with Crippen LogP contribution in [0.4, 0.5) is 5.69 Å². The number of carbonyl (C=O) groups is 2. The van der Waals surface area contributed by atoms with Crippen LogP contribution >= 0.6 is 12.2 Å². The van der Waals surface area contributed by atoms with E-state index in [1.54, 1.807) is 54.6 Å². The lowest BCUT2D eigenvalue weighted by atomic mass is 10.1. The van der Waals surface area contributed by atoms with Crippen molar-refractivity contribution < 1.29 is 14.3 Å². The van der Waals surface area contributed by atoms with Crippen molar-refractivity contribution in [3.05, 3.63) is 72.3 Å². The minimum Gasteiger partial charge on any atom is -0.493 e. The molecule has 0 aromatic heterocycles. The Kier molecular flexibility index (Phi) is 8.36. The molecule has 6 nitrogen and oxygen atoms in total. The molecule has 2 amide bonds. The van der Waals surface area contributed by atoms with E-state index >= 15 is 0 Å². The van der Waals surface area contributed by atoms with Gasteiger partial charge in [0.05, 0.1) is 17.9 Å². The maximum Gasteiger partial charge on any atom is 0.257 e. The van der Waals surface area contributed by atoms with Gasteiger partial charge in [-0.3, -0.25) is 14.9 Å². The van der Waals surface area contributed by atoms with Crippen LogP contribution in [0.2, 0.25) is 0 Å². The van der Waals surface area contributed by atoms with Crippen LogP contribution < -0.4 is 20.7 Å². The van der Waals surface area contributed by atoms with Crippen LogP contribution in [0.3, 0.4) is 0 Å². The van der Waals surface area contributed by atoms with E-state index in [0.29, 0.717) is 41.6 Å². The van der Waals surface area contributed by atoms with E-state index in [4.69, 9.17) is 17.0 Å². The minimum atomic E-state index is -0.355. The molecule has 2 aromatic rings. The van der Waals surface area contributed by atoms with Crippen LogP contribution in [0.25, 0.3) is 0 Å². The van der Waals surface area contributed by atoms with Crippen molar-refractivity contribution in [2.24, 2.45) is 5.92 Å². The molecule has 0 saturated carbocycles. The highest BCUT2D eigenvalue weighted by atomic mass is 32.1. The summed E-state index contributed by atoms with van der Waals surface area (Å²) in [5, 5.41) is 8.33. The van der Waals surface area contributed by atoms with E-state index in [-0.39, 0.29) is 16.9 Å². The van der Waals surface area contributed by atoms with Gasteiger partial charge in [0.25, 0.3) is 11.8 Å². The lowest BCUT2D eigenvalue weighted by molar-refractivity contribution is 0.0956. The topological polar surface area (TPSA) is 79.5 Å². The van der Waals surface area contributed by atoms with Crippen molar-refractivity contribution >= 4 is 34.8 Å². The van der Waals surface area contributed by atoms with Gasteiger partial charge in [-0.2, -0.15) is 0 Å². The molecule has 0 saturated heterocycles. The van der Waals surface area contributed by atoms with Crippen LogP contribution in [-0.2, 0) is 0 Å². The van der Waals surface area contributed by atoms with Crippen LogP contribution in [0, 0.1) is 5.92 Å². The Morgan fingerprint density at radius 2 is 1.79 bits per heavy atom. The standard InChI is InChI=1S/C22H25N3O3S/c1-4-13-23-21(27)18-7-5-6-8-19(18)24-22(29)25-20(26)16-9-11-17(12-10-16)28-14-15(2)3/h4-12,15H,1,13-14H2,2-3H3,(H,23,27)(H2,24,25,26,29). The fourth-order valence-corrected chi connectivity index (χ4v) is 2.55. The maximum absolute atomic E-state index is 12.4. The summed E-state index contributed by atoms with van der Waals surface area (Å²) in [5.74, 6) is 0.504. The maximum atomic E-state index is 12.4. The SMILES string of the molecule is C=CCNC(=O)c1ccccc1NC(=S)NC(=O)c1ccc(OCC(C)C)cc1. The van der Waals surface area contributed by atoms with Crippen molar-refractivity contribution in [1.29, 1.82) is 0 Å². The fraction of sp³-hybridized carbons (Fsp3) is 0.227. The summed E-state index contributed by atoms with van der Waals surface area (Å²) in [4.78, 5) is 24.6. The summed E-state index contributed by atoms with van der Waals surface area (Å²) in [7, 11) is 0. The highest BCUT2D eigenvalue weighted by molar-refractivity contribution is 7.80. The summed E-state index contributed by atoms with van der Waals surface area (Å²) < 4.78 is 5.61. The molecule has 0 heterocycles. The number of hydrogen-bond donors (Lipinski definition) is 3. The van der Waals surface area contributed by atoms with E-state index in [0.717, 1.165) is 0 Å². The highest BCUT2D eigenvalue weighted by Crippen LogP contribution is 2.16.